The van der Waals surface area contributed by atoms with Gasteiger partial charge >= 0.3 is 5.97 Å². The van der Waals surface area contributed by atoms with Crippen molar-refractivity contribution in [3.8, 4) is 0 Å². The molecule has 1 aromatic carbocycles. The molecule has 0 aromatic heterocycles. The van der Waals surface area contributed by atoms with Gasteiger partial charge in [-0.3, -0.25) is 14.5 Å². The third-order valence-electron chi connectivity index (χ3n) is 4.14. The Hall–Kier alpha value is -1.68. The first-order chi connectivity index (χ1) is 8.65. The average Bonchev–Trinajstić information content (AvgIpc) is 2.67. The molecular formula is C14H15NO3. The molecule has 2 heterocycles. The minimum Gasteiger partial charge on any atom is -0.469 e. The average molecular weight is 245 g/mol. The molecule has 2 aliphatic heterocycles. The third-order valence-corrected chi connectivity index (χ3v) is 4.14. The summed E-state index contributed by atoms with van der Waals surface area (Å²) in [6.45, 7) is 0. The molecule has 1 fully saturated rings. The SMILES string of the molecule is COC(=O)C1CC2C(=O)c3ccccc3C1N2C. The summed E-state index contributed by atoms with van der Waals surface area (Å²) in [5.41, 5.74) is 1.71. The Kier molecular flexibility index (Phi) is 2.48. The van der Waals surface area contributed by atoms with Crippen LogP contribution in [-0.2, 0) is 9.53 Å². The van der Waals surface area contributed by atoms with Gasteiger partial charge in [0.05, 0.1) is 19.1 Å². The van der Waals surface area contributed by atoms with E-state index in [9.17, 15) is 9.59 Å². The fraction of sp³-hybridized carbons (Fsp3) is 0.429. The van der Waals surface area contributed by atoms with E-state index < -0.39 is 0 Å². The van der Waals surface area contributed by atoms with Gasteiger partial charge in [0.25, 0.3) is 0 Å². The maximum atomic E-state index is 12.3. The molecule has 0 radical (unpaired) electrons. The standard InChI is InChI=1S/C14H15NO3/c1-15-11-7-10(14(17)18-2)12(15)8-5-3-4-6-9(8)13(11)16/h3-6,10-12H,7H2,1-2H3. The fourth-order valence-corrected chi connectivity index (χ4v) is 3.28. The third kappa shape index (κ3) is 1.35. The molecular weight excluding hydrogens is 230 g/mol. The summed E-state index contributed by atoms with van der Waals surface area (Å²) in [5.74, 6) is -0.341. The second-order valence-electron chi connectivity index (χ2n) is 4.94. The summed E-state index contributed by atoms with van der Waals surface area (Å²) in [6, 6.07) is 7.35. The number of hydrogen-bond acceptors (Lipinski definition) is 4. The van der Waals surface area contributed by atoms with Crippen LogP contribution in [0.3, 0.4) is 0 Å². The van der Waals surface area contributed by atoms with Crippen molar-refractivity contribution >= 4 is 11.8 Å². The minimum atomic E-state index is -0.238. The van der Waals surface area contributed by atoms with Gasteiger partial charge in [0.1, 0.15) is 0 Å². The van der Waals surface area contributed by atoms with E-state index in [0.29, 0.717) is 6.42 Å². The molecule has 4 heteroatoms. The van der Waals surface area contributed by atoms with Crippen LogP contribution < -0.4 is 0 Å². The maximum Gasteiger partial charge on any atom is 0.310 e. The zero-order valence-corrected chi connectivity index (χ0v) is 10.4. The van der Waals surface area contributed by atoms with E-state index in [2.05, 4.69) is 0 Å². The van der Waals surface area contributed by atoms with Crippen LogP contribution in [0.25, 0.3) is 0 Å². The van der Waals surface area contributed by atoms with Crippen LogP contribution in [0.1, 0.15) is 28.4 Å². The number of carbonyl (C=O) groups excluding carboxylic acids is 2. The quantitative estimate of drug-likeness (QED) is 0.702. The lowest BCUT2D eigenvalue weighted by atomic mass is 9.90. The maximum absolute atomic E-state index is 12.3. The summed E-state index contributed by atoms with van der Waals surface area (Å²) >= 11 is 0. The van der Waals surface area contributed by atoms with E-state index in [1.807, 2.05) is 36.2 Å². The van der Waals surface area contributed by atoms with E-state index in [1.165, 1.54) is 7.11 Å². The normalized spacial score (nSPS) is 30.1. The van der Waals surface area contributed by atoms with Gasteiger partial charge < -0.3 is 4.74 Å². The number of ether oxygens (including phenoxy) is 1. The van der Waals surface area contributed by atoms with Crippen LogP contribution in [0, 0.1) is 5.92 Å². The van der Waals surface area contributed by atoms with Crippen molar-refractivity contribution in [1.29, 1.82) is 0 Å². The highest BCUT2D eigenvalue weighted by atomic mass is 16.5. The molecule has 3 unspecified atom stereocenters. The van der Waals surface area contributed by atoms with Gasteiger partial charge in [-0.1, -0.05) is 24.3 Å². The van der Waals surface area contributed by atoms with Crippen molar-refractivity contribution < 1.29 is 14.3 Å². The van der Waals surface area contributed by atoms with Crippen molar-refractivity contribution in [2.75, 3.05) is 14.2 Å². The van der Waals surface area contributed by atoms with Gasteiger partial charge in [-0.15, -0.1) is 0 Å². The van der Waals surface area contributed by atoms with Crippen molar-refractivity contribution in [1.82, 2.24) is 4.90 Å². The summed E-state index contributed by atoms with van der Waals surface area (Å²) < 4.78 is 4.86. The van der Waals surface area contributed by atoms with Gasteiger partial charge in [-0.25, -0.2) is 0 Å². The first-order valence-electron chi connectivity index (χ1n) is 6.08. The molecule has 3 atom stereocenters. The number of ketones is 1. The van der Waals surface area contributed by atoms with Crippen molar-refractivity contribution in [3.05, 3.63) is 35.4 Å². The zero-order chi connectivity index (χ0) is 12.9. The number of hydrogen-bond donors (Lipinski definition) is 0. The predicted molar refractivity (Wildman–Crippen MR) is 65.2 cm³/mol. The number of carbonyl (C=O) groups is 2. The van der Waals surface area contributed by atoms with Gasteiger partial charge in [0.15, 0.2) is 5.78 Å². The largest absolute Gasteiger partial charge is 0.469 e. The van der Waals surface area contributed by atoms with E-state index in [-0.39, 0.29) is 29.8 Å². The second kappa shape index (κ2) is 3.92. The van der Waals surface area contributed by atoms with Crippen molar-refractivity contribution in [2.24, 2.45) is 5.92 Å². The number of benzene rings is 1. The Morgan fingerprint density at radius 3 is 2.83 bits per heavy atom. The summed E-state index contributed by atoms with van der Waals surface area (Å²) in [7, 11) is 3.31. The van der Waals surface area contributed by atoms with Crippen LogP contribution >= 0.6 is 0 Å². The number of fused-ring (bicyclic) bond motifs is 4. The van der Waals surface area contributed by atoms with E-state index in [0.717, 1.165) is 11.1 Å². The Bertz CT molecular complexity index is 526. The lowest BCUT2D eigenvalue weighted by Crippen LogP contribution is -2.40. The van der Waals surface area contributed by atoms with E-state index >= 15 is 0 Å². The Morgan fingerprint density at radius 1 is 1.39 bits per heavy atom. The van der Waals surface area contributed by atoms with Crippen LogP contribution in [-0.4, -0.2) is 36.9 Å². The molecule has 2 aliphatic rings. The molecule has 3 rings (SSSR count). The minimum absolute atomic E-state index is 0.0312. The number of Topliss-reactive ketones (excluding diaryl/α,β-unsaturated/α-hetero) is 1. The van der Waals surface area contributed by atoms with E-state index in [1.54, 1.807) is 0 Å². The smallest absolute Gasteiger partial charge is 0.310 e. The molecule has 18 heavy (non-hydrogen) atoms. The lowest BCUT2D eigenvalue weighted by Gasteiger charge is -2.32. The Labute approximate surface area is 106 Å². The topological polar surface area (TPSA) is 46.6 Å². The predicted octanol–water partition coefficient (Wildman–Crippen LogP) is 1.42. The molecule has 4 nitrogen and oxygen atoms in total. The Morgan fingerprint density at radius 2 is 2.11 bits per heavy atom. The number of rotatable bonds is 1. The molecule has 1 aromatic rings. The van der Waals surface area contributed by atoms with Gasteiger partial charge in [-0.2, -0.15) is 0 Å². The van der Waals surface area contributed by atoms with Gasteiger partial charge in [0, 0.05) is 11.6 Å². The monoisotopic (exact) mass is 245 g/mol. The lowest BCUT2D eigenvalue weighted by molar-refractivity contribution is -0.146. The molecule has 1 saturated heterocycles. The molecule has 0 aliphatic carbocycles. The first kappa shape index (κ1) is 11.4. The van der Waals surface area contributed by atoms with Crippen molar-refractivity contribution in [2.45, 2.75) is 18.5 Å². The number of likely N-dealkylation sites (N-methyl/N-ethyl adjacent to an activating group) is 1. The van der Waals surface area contributed by atoms with Crippen LogP contribution in [0.15, 0.2) is 24.3 Å². The van der Waals surface area contributed by atoms with Gasteiger partial charge in [-0.05, 0) is 19.0 Å². The van der Waals surface area contributed by atoms with Gasteiger partial charge in [0.2, 0.25) is 0 Å². The molecule has 2 bridgehead atoms. The number of methoxy groups -OCH3 is 1. The zero-order valence-electron chi connectivity index (χ0n) is 10.4. The highest BCUT2D eigenvalue weighted by Crippen LogP contribution is 2.46. The molecule has 0 saturated carbocycles. The highest BCUT2D eigenvalue weighted by molar-refractivity contribution is 6.04. The first-order valence-corrected chi connectivity index (χ1v) is 6.08. The molecule has 0 N–H and O–H groups in total. The van der Waals surface area contributed by atoms with Crippen molar-refractivity contribution in [3.63, 3.8) is 0 Å². The molecule has 94 valence electrons. The number of esters is 1. The molecule has 0 amide bonds. The van der Waals surface area contributed by atoms with Crippen LogP contribution in [0.5, 0.6) is 0 Å². The molecule has 0 spiro atoms. The van der Waals surface area contributed by atoms with E-state index in [4.69, 9.17) is 4.74 Å². The summed E-state index contributed by atoms with van der Waals surface area (Å²) in [4.78, 5) is 26.2. The highest BCUT2D eigenvalue weighted by Gasteiger charge is 2.51. The van der Waals surface area contributed by atoms with Crippen LogP contribution in [0.4, 0.5) is 0 Å². The second-order valence-corrected chi connectivity index (χ2v) is 4.94. The fourth-order valence-electron chi connectivity index (χ4n) is 3.28. The summed E-state index contributed by atoms with van der Waals surface area (Å²) in [6.07, 6.45) is 0.557. The Balaban J connectivity index is 2.12. The number of nitrogens with zero attached hydrogens (tertiary/aromatic N) is 1. The summed E-state index contributed by atoms with van der Waals surface area (Å²) in [5, 5.41) is 0. The van der Waals surface area contributed by atoms with Crippen LogP contribution in [0.2, 0.25) is 0 Å².